The molecular weight excluding hydrogens is 484 g/mol. The zero-order chi connectivity index (χ0) is 24.8. The number of aliphatic hydroxyl groups excluding tert-OH is 1. The number of thiocarbonyl (C=S) groups is 1. The third kappa shape index (κ3) is 5.96. The van der Waals surface area contributed by atoms with Gasteiger partial charge in [0.25, 0.3) is 11.5 Å². The Kier molecular flexibility index (Phi) is 8.29. The van der Waals surface area contributed by atoms with Gasteiger partial charge >= 0.3 is 0 Å². The molecule has 8 nitrogen and oxygen atoms in total. The fourth-order valence-corrected chi connectivity index (χ4v) is 4.93. The van der Waals surface area contributed by atoms with Crippen molar-refractivity contribution < 1.29 is 14.6 Å². The van der Waals surface area contributed by atoms with Crippen LogP contribution in [0, 0.1) is 6.92 Å². The Labute approximate surface area is 212 Å². The number of aromatic nitrogens is 2. The van der Waals surface area contributed by atoms with Gasteiger partial charge in [0, 0.05) is 19.3 Å². The maximum atomic E-state index is 13.4. The molecule has 2 N–H and O–H groups in total. The highest BCUT2D eigenvalue weighted by molar-refractivity contribution is 8.26. The van der Waals surface area contributed by atoms with Gasteiger partial charge in [-0.3, -0.25) is 18.9 Å². The van der Waals surface area contributed by atoms with Crippen LogP contribution in [0.4, 0.5) is 5.82 Å². The number of pyridine rings is 1. The Morgan fingerprint density at radius 2 is 1.97 bits per heavy atom. The van der Waals surface area contributed by atoms with Gasteiger partial charge in [-0.05, 0) is 36.6 Å². The van der Waals surface area contributed by atoms with E-state index in [9.17, 15) is 9.59 Å². The van der Waals surface area contributed by atoms with Gasteiger partial charge in [0.05, 0.1) is 30.3 Å². The lowest BCUT2D eigenvalue weighted by molar-refractivity contribution is -0.122. The molecule has 35 heavy (non-hydrogen) atoms. The van der Waals surface area contributed by atoms with Crippen LogP contribution in [0.5, 0.6) is 0 Å². The molecule has 3 heterocycles. The summed E-state index contributed by atoms with van der Waals surface area (Å²) in [5.41, 5.74) is 2.52. The number of thioether (sulfide) groups is 1. The van der Waals surface area contributed by atoms with Crippen molar-refractivity contribution in [3.8, 4) is 0 Å². The normalized spacial score (nSPS) is 14.9. The molecule has 0 saturated carbocycles. The topological polar surface area (TPSA) is 96.2 Å². The van der Waals surface area contributed by atoms with Gasteiger partial charge in [-0.25, -0.2) is 4.98 Å². The summed E-state index contributed by atoms with van der Waals surface area (Å²) in [6.45, 7) is 3.24. The first-order valence-electron chi connectivity index (χ1n) is 11.2. The number of hydrogen-bond acceptors (Lipinski definition) is 8. The summed E-state index contributed by atoms with van der Waals surface area (Å²) in [6, 6.07) is 13.6. The third-order valence-electron chi connectivity index (χ3n) is 5.40. The van der Waals surface area contributed by atoms with E-state index in [0.717, 1.165) is 11.1 Å². The number of hydrogen-bond donors (Lipinski definition) is 2. The predicted molar refractivity (Wildman–Crippen MR) is 143 cm³/mol. The van der Waals surface area contributed by atoms with Crippen molar-refractivity contribution in [1.82, 2.24) is 14.3 Å². The quantitative estimate of drug-likeness (QED) is 0.244. The van der Waals surface area contributed by atoms with Crippen LogP contribution in [-0.4, -0.2) is 62.5 Å². The second kappa shape index (κ2) is 11.6. The first kappa shape index (κ1) is 25.1. The zero-order valence-corrected chi connectivity index (χ0v) is 20.9. The first-order valence-corrected chi connectivity index (χ1v) is 12.4. The molecule has 0 radical (unpaired) electrons. The van der Waals surface area contributed by atoms with Crippen molar-refractivity contribution in [3.63, 3.8) is 0 Å². The molecule has 0 bridgehead atoms. The lowest BCUT2D eigenvalue weighted by Crippen LogP contribution is -2.30. The van der Waals surface area contributed by atoms with Gasteiger partial charge in [-0.15, -0.1) is 0 Å². The highest BCUT2D eigenvalue weighted by atomic mass is 32.2. The van der Waals surface area contributed by atoms with Crippen LogP contribution in [0.15, 0.2) is 58.4 Å². The van der Waals surface area contributed by atoms with E-state index in [-0.39, 0.29) is 30.2 Å². The maximum absolute atomic E-state index is 13.4. The molecule has 2 aromatic heterocycles. The number of benzene rings is 1. The Hall–Kier alpha value is -3.05. The number of nitrogens with one attached hydrogen (secondary N) is 1. The average molecular weight is 511 g/mol. The van der Waals surface area contributed by atoms with Gasteiger partial charge in [0.15, 0.2) is 0 Å². The van der Waals surface area contributed by atoms with Crippen molar-refractivity contribution >= 4 is 51.7 Å². The Balaban J connectivity index is 1.62. The molecule has 1 fully saturated rings. The standard InChI is InChI=1S/C25H26N4O4S2/c1-17-7-8-21-27-22(26-10-13-33-14-12-30)19(23(31)29(21)16-17)15-20-24(32)28(25(34)35-20)11-9-18-5-3-2-4-6-18/h2-8,15-16,26,30H,9-14H2,1H3. The number of amides is 1. The summed E-state index contributed by atoms with van der Waals surface area (Å²) < 4.78 is 7.24. The molecule has 182 valence electrons. The lowest BCUT2D eigenvalue weighted by atomic mass is 10.1. The molecule has 0 spiro atoms. The van der Waals surface area contributed by atoms with E-state index >= 15 is 0 Å². The lowest BCUT2D eigenvalue weighted by Gasteiger charge is -2.14. The summed E-state index contributed by atoms with van der Waals surface area (Å²) >= 11 is 6.66. The summed E-state index contributed by atoms with van der Waals surface area (Å²) in [5, 5.41) is 12.0. The minimum absolute atomic E-state index is 0.0632. The van der Waals surface area contributed by atoms with E-state index in [1.54, 1.807) is 23.2 Å². The molecular formula is C25H26N4O4S2. The van der Waals surface area contributed by atoms with Crippen molar-refractivity contribution in [2.24, 2.45) is 0 Å². The molecule has 1 saturated heterocycles. The molecule has 3 aromatic rings. The van der Waals surface area contributed by atoms with Gasteiger partial charge in [0.1, 0.15) is 15.8 Å². The number of fused-ring (bicyclic) bond motifs is 1. The summed E-state index contributed by atoms with van der Waals surface area (Å²) in [4.78, 5) is 33.2. The van der Waals surface area contributed by atoms with Gasteiger partial charge in [-0.2, -0.15) is 0 Å². The SMILES string of the molecule is Cc1ccc2nc(NCCOCCO)c(C=C3SC(=S)N(CCc4ccccc4)C3=O)c(=O)n2c1. The number of aryl methyl sites for hydroxylation is 1. The van der Waals surface area contributed by atoms with Gasteiger partial charge in [0.2, 0.25) is 0 Å². The summed E-state index contributed by atoms with van der Waals surface area (Å²) in [6.07, 6.45) is 3.98. The minimum Gasteiger partial charge on any atom is -0.394 e. The maximum Gasteiger partial charge on any atom is 0.267 e. The number of ether oxygens (including phenoxy) is 1. The van der Waals surface area contributed by atoms with Crippen LogP contribution >= 0.6 is 24.0 Å². The zero-order valence-electron chi connectivity index (χ0n) is 19.3. The second-order valence-corrected chi connectivity index (χ2v) is 9.62. The third-order valence-corrected chi connectivity index (χ3v) is 6.77. The van der Waals surface area contributed by atoms with Crippen molar-refractivity contribution in [1.29, 1.82) is 0 Å². The van der Waals surface area contributed by atoms with Crippen molar-refractivity contribution in [3.05, 3.63) is 80.6 Å². The number of anilines is 1. The molecule has 0 unspecified atom stereocenters. The molecule has 1 amide bonds. The Morgan fingerprint density at radius 1 is 1.17 bits per heavy atom. The molecule has 1 aliphatic heterocycles. The highest BCUT2D eigenvalue weighted by Crippen LogP contribution is 2.33. The monoisotopic (exact) mass is 510 g/mol. The van der Waals surface area contributed by atoms with Crippen LogP contribution < -0.4 is 10.9 Å². The largest absolute Gasteiger partial charge is 0.394 e. The molecule has 1 aromatic carbocycles. The number of rotatable bonds is 10. The molecule has 0 aliphatic carbocycles. The smallest absolute Gasteiger partial charge is 0.267 e. The van der Waals surface area contributed by atoms with Crippen LogP contribution in [0.3, 0.4) is 0 Å². The van der Waals surface area contributed by atoms with Crippen LogP contribution in [0.1, 0.15) is 16.7 Å². The van der Waals surface area contributed by atoms with E-state index in [4.69, 9.17) is 22.1 Å². The second-order valence-electron chi connectivity index (χ2n) is 7.95. The summed E-state index contributed by atoms with van der Waals surface area (Å²) in [7, 11) is 0. The summed E-state index contributed by atoms with van der Waals surface area (Å²) in [5.74, 6) is 0.142. The molecule has 1 aliphatic rings. The van der Waals surface area contributed by atoms with E-state index in [0.29, 0.717) is 46.8 Å². The predicted octanol–water partition coefficient (Wildman–Crippen LogP) is 2.87. The molecule has 0 atom stereocenters. The van der Waals surface area contributed by atoms with Gasteiger partial charge < -0.3 is 15.2 Å². The van der Waals surface area contributed by atoms with Crippen LogP contribution in [0.2, 0.25) is 0 Å². The Morgan fingerprint density at radius 3 is 2.74 bits per heavy atom. The molecule has 10 heteroatoms. The van der Waals surface area contributed by atoms with E-state index in [1.807, 2.05) is 43.3 Å². The minimum atomic E-state index is -0.285. The van der Waals surface area contributed by atoms with Gasteiger partial charge in [-0.1, -0.05) is 60.4 Å². The van der Waals surface area contributed by atoms with E-state index in [2.05, 4.69) is 10.3 Å². The first-order chi connectivity index (χ1) is 17.0. The van der Waals surface area contributed by atoms with E-state index < -0.39 is 0 Å². The number of carbonyl (C=O) groups is 1. The van der Waals surface area contributed by atoms with Crippen molar-refractivity contribution in [2.75, 3.05) is 38.2 Å². The van der Waals surface area contributed by atoms with Crippen molar-refractivity contribution in [2.45, 2.75) is 13.3 Å². The fourth-order valence-electron chi connectivity index (χ4n) is 3.64. The number of carbonyl (C=O) groups excluding carboxylic acids is 1. The van der Waals surface area contributed by atoms with E-state index in [1.165, 1.54) is 16.2 Å². The number of nitrogens with zero attached hydrogens (tertiary/aromatic N) is 3. The van der Waals surface area contributed by atoms with Crippen LogP contribution in [0.25, 0.3) is 11.7 Å². The average Bonchev–Trinajstić information content (AvgIpc) is 3.13. The fraction of sp³-hybridized carbons (Fsp3) is 0.280. The molecule has 4 rings (SSSR count). The highest BCUT2D eigenvalue weighted by Gasteiger charge is 2.32. The number of aliphatic hydroxyl groups is 1. The van der Waals surface area contributed by atoms with Crippen LogP contribution in [-0.2, 0) is 16.0 Å². The Bertz CT molecular complexity index is 1320.